The highest BCUT2D eigenvalue weighted by molar-refractivity contribution is 7.92. The molecule has 0 radical (unpaired) electrons. The van der Waals surface area contributed by atoms with Crippen molar-refractivity contribution in [2.75, 3.05) is 24.6 Å². The number of benzene rings is 3. The first-order chi connectivity index (χ1) is 18.7. The third-order valence-electron chi connectivity index (χ3n) is 5.73. The maximum atomic E-state index is 13.6. The smallest absolute Gasteiger partial charge is 0.264 e. The van der Waals surface area contributed by atoms with Crippen molar-refractivity contribution in [3.05, 3.63) is 89.1 Å². The number of methoxy groups -OCH3 is 1. The Hall–Kier alpha value is -4.15. The van der Waals surface area contributed by atoms with E-state index in [2.05, 4.69) is 15.5 Å². The van der Waals surface area contributed by atoms with Crippen LogP contribution in [0.4, 0.5) is 5.69 Å². The fourth-order valence-electron chi connectivity index (χ4n) is 3.72. The fraction of sp³-hybridized carbons (Fsp3) is 0.179. The number of halogens is 1. The monoisotopic (exact) mass is 566 g/mol. The minimum absolute atomic E-state index is 0.0217. The number of anilines is 1. The number of aromatic nitrogens is 1. The number of carbonyl (C=O) groups is 1. The van der Waals surface area contributed by atoms with Gasteiger partial charge in [0.2, 0.25) is 0 Å². The Labute approximate surface area is 232 Å². The van der Waals surface area contributed by atoms with E-state index >= 15 is 0 Å². The van der Waals surface area contributed by atoms with Gasteiger partial charge in [0.05, 0.1) is 36.0 Å². The molecule has 0 spiro atoms. The molecule has 0 aliphatic carbocycles. The van der Waals surface area contributed by atoms with Gasteiger partial charge in [-0.2, -0.15) is 5.10 Å². The van der Waals surface area contributed by atoms with Gasteiger partial charge < -0.3 is 9.47 Å². The Morgan fingerprint density at radius 1 is 1.05 bits per heavy atom. The van der Waals surface area contributed by atoms with Gasteiger partial charge >= 0.3 is 0 Å². The fourth-order valence-corrected chi connectivity index (χ4v) is 5.34. The average Bonchev–Trinajstić information content (AvgIpc) is 2.92. The van der Waals surface area contributed by atoms with Crippen LogP contribution in [-0.4, -0.2) is 45.8 Å². The second-order valence-corrected chi connectivity index (χ2v) is 10.7. The highest BCUT2D eigenvalue weighted by Gasteiger charge is 2.27. The number of sulfonamides is 1. The van der Waals surface area contributed by atoms with E-state index in [0.717, 1.165) is 15.3 Å². The van der Waals surface area contributed by atoms with Crippen LogP contribution in [0.5, 0.6) is 11.5 Å². The van der Waals surface area contributed by atoms with Crippen molar-refractivity contribution in [3.8, 4) is 11.5 Å². The zero-order chi connectivity index (χ0) is 28.0. The topological polar surface area (TPSA) is 110 Å². The van der Waals surface area contributed by atoms with Crippen molar-refractivity contribution in [2.45, 2.75) is 18.7 Å². The Bertz CT molecular complexity index is 1610. The zero-order valence-electron chi connectivity index (χ0n) is 21.6. The zero-order valence-corrected chi connectivity index (χ0v) is 23.2. The molecule has 0 aliphatic heterocycles. The Morgan fingerprint density at radius 2 is 1.74 bits per heavy atom. The molecule has 202 valence electrons. The summed E-state index contributed by atoms with van der Waals surface area (Å²) in [5, 5.41) is 4.97. The molecular formula is C28H27ClN4O5S. The van der Waals surface area contributed by atoms with Crippen LogP contribution in [0, 0.1) is 6.92 Å². The lowest BCUT2D eigenvalue weighted by molar-refractivity contribution is -0.119. The highest BCUT2D eigenvalue weighted by Crippen LogP contribution is 2.26. The van der Waals surface area contributed by atoms with Crippen molar-refractivity contribution < 1.29 is 22.7 Å². The lowest BCUT2D eigenvalue weighted by Crippen LogP contribution is -2.39. The normalized spacial score (nSPS) is 11.5. The predicted octanol–water partition coefficient (Wildman–Crippen LogP) is 4.95. The molecule has 4 aromatic rings. The summed E-state index contributed by atoms with van der Waals surface area (Å²) in [5.41, 5.74) is 4.80. The van der Waals surface area contributed by atoms with Crippen molar-refractivity contribution >= 4 is 50.3 Å². The van der Waals surface area contributed by atoms with Crippen LogP contribution >= 0.6 is 11.6 Å². The number of nitrogens with one attached hydrogen (secondary N) is 1. The van der Waals surface area contributed by atoms with Crippen molar-refractivity contribution in [1.82, 2.24) is 10.4 Å². The van der Waals surface area contributed by atoms with Crippen LogP contribution in [0.1, 0.15) is 18.1 Å². The van der Waals surface area contributed by atoms with Gasteiger partial charge in [-0.25, -0.2) is 18.8 Å². The minimum atomic E-state index is -4.08. The van der Waals surface area contributed by atoms with E-state index in [4.69, 9.17) is 21.1 Å². The third-order valence-corrected chi connectivity index (χ3v) is 7.82. The highest BCUT2D eigenvalue weighted by atomic mass is 35.5. The molecule has 0 atom stereocenters. The number of carbonyl (C=O) groups excluding carboxylic acids is 1. The maximum absolute atomic E-state index is 13.6. The first kappa shape index (κ1) is 27.9. The van der Waals surface area contributed by atoms with Gasteiger partial charge in [-0.05, 0) is 68.4 Å². The molecule has 0 unspecified atom stereocenters. The number of hydrazone groups is 1. The number of amides is 1. The summed E-state index contributed by atoms with van der Waals surface area (Å²) >= 11 is 6.30. The van der Waals surface area contributed by atoms with E-state index in [1.165, 1.54) is 18.3 Å². The molecule has 1 N–H and O–H groups in total. The van der Waals surface area contributed by atoms with Gasteiger partial charge in [-0.1, -0.05) is 29.3 Å². The van der Waals surface area contributed by atoms with Crippen molar-refractivity contribution in [2.24, 2.45) is 5.10 Å². The number of rotatable bonds is 10. The number of pyridine rings is 1. The molecule has 0 saturated carbocycles. The second-order valence-electron chi connectivity index (χ2n) is 8.47. The van der Waals surface area contributed by atoms with Gasteiger partial charge in [0.15, 0.2) is 0 Å². The standard InChI is InChI=1S/C28H27ClN4O5S/c1-4-38-23-11-13-25(14-12-23)39(35,36)33(22-8-5-19(2)6-9-22)18-27(34)32-30-17-21-15-20-7-10-24(37-3)16-26(20)31-28(21)29/h5-17H,4,18H2,1-3H3,(H,32,34)/b30-17-. The molecule has 9 nitrogen and oxygen atoms in total. The Morgan fingerprint density at radius 3 is 2.41 bits per heavy atom. The lowest BCUT2D eigenvalue weighted by atomic mass is 10.1. The van der Waals surface area contributed by atoms with Gasteiger partial charge in [-0.15, -0.1) is 0 Å². The molecule has 1 amide bonds. The third kappa shape index (κ3) is 6.65. The average molecular weight is 567 g/mol. The van der Waals surface area contributed by atoms with Gasteiger partial charge in [0.1, 0.15) is 23.2 Å². The summed E-state index contributed by atoms with van der Waals surface area (Å²) in [7, 11) is -2.52. The summed E-state index contributed by atoms with van der Waals surface area (Å²) < 4.78 is 38.8. The van der Waals surface area contributed by atoms with E-state index in [9.17, 15) is 13.2 Å². The maximum Gasteiger partial charge on any atom is 0.264 e. The van der Waals surface area contributed by atoms with Crippen molar-refractivity contribution in [1.29, 1.82) is 0 Å². The summed E-state index contributed by atoms with van der Waals surface area (Å²) in [6.45, 7) is 3.68. The minimum Gasteiger partial charge on any atom is -0.497 e. The lowest BCUT2D eigenvalue weighted by Gasteiger charge is -2.24. The van der Waals surface area contributed by atoms with E-state index in [0.29, 0.717) is 34.9 Å². The van der Waals surface area contributed by atoms with Gasteiger partial charge in [0, 0.05) is 17.0 Å². The Balaban J connectivity index is 1.55. The first-order valence-corrected chi connectivity index (χ1v) is 13.8. The summed E-state index contributed by atoms with van der Waals surface area (Å²) in [6, 6.07) is 20.0. The molecule has 0 bridgehead atoms. The Kier molecular flexibility index (Phi) is 8.68. The molecule has 0 aliphatic rings. The number of ether oxygens (including phenoxy) is 2. The van der Waals surface area contributed by atoms with E-state index in [1.807, 2.05) is 19.9 Å². The molecule has 3 aromatic carbocycles. The van der Waals surface area contributed by atoms with Crippen LogP contribution in [0.25, 0.3) is 10.9 Å². The molecule has 4 rings (SSSR count). The molecule has 11 heteroatoms. The number of hydrogen-bond donors (Lipinski definition) is 1. The van der Waals surface area contributed by atoms with Crippen LogP contribution in [0.15, 0.2) is 82.8 Å². The number of aryl methyl sites for hydroxylation is 1. The molecule has 0 saturated heterocycles. The number of nitrogens with zero attached hydrogens (tertiary/aromatic N) is 3. The van der Waals surface area contributed by atoms with E-state index in [-0.39, 0.29) is 10.0 Å². The molecule has 39 heavy (non-hydrogen) atoms. The quantitative estimate of drug-likeness (QED) is 0.165. The SMILES string of the molecule is CCOc1ccc(S(=O)(=O)N(CC(=O)N/N=C\c2cc3ccc(OC)cc3nc2Cl)c2ccc(C)cc2)cc1. The number of fused-ring (bicyclic) bond motifs is 1. The van der Waals surface area contributed by atoms with Crippen LogP contribution in [0.2, 0.25) is 5.15 Å². The summed E-state index contributed by atoms with van der Waals surface area (Å²) in [6.07, 6.45) is 1.36. The molecular weight excluding hydrogens is 540 g/mol. The first-order valence-electron chi connectivity index (χ1n) is 12.0. The summed E-state index contributed by atoms with van der Waals surface area (Å²) in [4.78, 5) is 17.2. The van der Waals surface area contributed by atoms with Crippen LogP contribution in [0.3, 0.4) is 0 Å². The van der Waals surface area contributed by atoms with E-state index < -0.39 is 22.5 Å². The second kappa shape index (κ2) is 12.1. The largest absolute Gasteiger partial charge is 0.497 e. The van der Waals surface area contributed by atoms with Crippen LogP contribution < -0.4 is 19.2 Å². The van der Waals surface area contributed by atoms with Gasteiger partial charge in [0.25, 0.3) is 15.9 Å². The molecule has 1 heterocycles. The summed E-state index contributed by atoms with van der Waals surface area (Å²) in [5.74, 6) is 0.556. The van der Waals surface area contributed by atoms with E-state index in [1.54, 1.807) is 61.7 Å². The predicted molar refractivity (Wildman–Crippen MR) is 152 cm³/mol. The van der Waals surface area contributed by atoms with Crippen LogP contribution in [-0.2, 0) is 14.8 Å². The van der Waals surface area contributed by atoms with Crippen molar-refractivity contribution in [3.63, 3.8) is 0 Å². The molecule has 0 fully saturated rings. The molecule has 1 aromatic heterocycles. The number of hydrogen-bond acceptors (Lipinski definition) is 7. The van der Waals surface area contributed by atoms with Gasteiger partial charge in [-0.3, -0.25) is 9.10 Å².